The summed E-state index contributed by atoms with van der Waals surface area (Å²) < 4.78 is 29.2. The number of anilines is 2. The van der Waals surface area contributed by atoms with Gasteiger partial charge in [-0.25, -0.2) is 8.42 Å². The lowest BCUT2D eigenvalue weighted by Crippen LogP contribution is -2.39. The maximum Gasteiger partial charge on any atom is 0.221 e. The van der Waals surface area contributed by atoms with E-state index in [0.717, 1.165) is 72.7 Å². The molecule has 36 heavy (non-hydrogen) atoms. The number of ether oxygens (including phenoxy) is 1. The van der Waals surface area contributed by atoms with E-state index in [2.05, 4.69) is 38.7 Å². The average Bonchev–Trinajstić information content (AvgIpc) is 3.29. The predicted octanol–water partition coefficient (Wildman–Crippen LogP) is 3.86. The molecule has 0 atom stereocenters. The van der Waals surface area contributed by atoms with Crippen LogP contribution in [0.3, 0.4) is 0 Å². The van der Waals surface area contributed by atoms with Gasteiger partial charge in [0.2, 0.25) is 5.91 Å². The zero-order chi connectivity index (χ0) is 25.1. The number of sulfone groups is 1. The molecule has 0 spiro atoms. The van der Waals surface area contributed by atoms with Gasteiger partial charge in [-0.3, -0.25) is 9.69 Å². The molecule has 9 heteroatoms. The normalized spacial score (nSPS) is 18.8. The fraction of sp³-hybridized carbons (Fsp3) is 0.444. The number of nitrogens with zero attached hydrogens (tertiary/aromatic N) is 1. The van der Waals surface area contributed by atoms with E-state index in [0.29, 0.717) is 19.0 Å². The van der Waals surface area contributed by atoms with Crippen molar-refractivity contribution >= 4 is 38.0 Å². The van der Waals surface area contributed by atoms with Gasteiger partial charge in [-0.05, 0) is 60.2 Å². The highest BCUT2D eigenvalue weighted by atomic mass is 32.2. The molecular formula is C27H34N4O4S. The number of nitrogens with one attached hydrogen (secondary N) is 3. The van der Waals surface area contributed by atoms with Crippen LogP contribution in [-0.4, -0.2) is 68.6 Å². The number of carbonyl (C=O) groups excluding carboxylic acids is 1. The molecule has 0 radical (unpaired) electrons. The van der Waals surface area contributed by atoms with Gasteiger partial charge >= 0.3 is 0 Å². The fourth-order valence-corrected chi connectivity index (χ4v) is 6.28. The molecule has 1 amide bonds. The largest absolute Gasteiger partial charge is 0.383 e. The molecule has 3 N–H and O–H groups in total. The summed E-state index contributed by atoms with van der Waals surface area (Å²) in [4.78, 5) is 17.2. The summed E-state index contributed by atoms with van der Waals surface area (Å²) in [6.07, 6.45) is 2.13. The highest BCUT2D eigenvalue weighted by Crippen LogP contribution is 2.32. The lowest BCUT2D eigenvalue weighted by Gasteiger charge is -2.27. The van der Waals surface area contributed by atoms with Crippen LogP contribution in [0.2, 0.25) is 0 Å². The van der Waals surface area contributed by atoms with E-state index in [1.165, 1.54) is 12.5 Å². The Bertz CT molecular complexity index is 1310. The molecule has 0 bridgehead atoms. The number of aromatic nitrogens is 1. The highest BCUT2D eigenvalue weighted by Gasteiger charge is 2.22. The highest BCUT2D eigenvalue weighted by molar-refractivity contribution is 7.91. The number of H-pyrrole nitrogens is 1. The minimum absolute atomic E-state index is 0.0903. The minimum atomic E-state index is -2.90. The lowest BCUT2D eigenvalue weighted by molar-refractivity contribution is -0.114. The second-order valence-corrected chi connectivity index (χ2v) is 12.2. The van der Waals surface area contributed by atoms with Crippen molar-refractivity contribution in [2.24, 2.45) is 5.92 Å². The second-order valence-electron chi connectivity index (χ2n) is 9.91. The van der Waals surface area contributed by atoms with Gasteiger partial charge in [0.1, 0.15) is 0 Å². The first-order chi connectivity index (χ1) is 17.3. The number of benzene rings is 2. The summed E-state index contributed by atoms with van der Waals surface area (Å²) in [5, 5.41) is 7.62. The molecule has 2 saturated heterocycles. The van der Waals surface area contributed by atoms with Gasteiger partial charge < -0.3 is 20.4 Å². The number of rotatable bonds is 7. The topological polar surface area (TPSA) is 104 Å². The van der Waals surface area contributed by atoms with Gasteiger partial charge in [-0.2, -0.15) is 0 Å². The molecule has 2 aromatic carbocycles. The third-order valence-corrected chi connectivity index (χ3v) is 8.68. The molecular weight excluding hydrogens is 476 g/mol. The Hall–Kier alpha value is -2.88. The minimum Gasteiger partial charge on any atom is -0.383 e. The molecule has 0 unspecified atom stereocenters. The van der Waals surface area contributed by atoms with Crippen molar-refractivity contribution in [3.05, 3.63) is 48.0 Å². The van der Waals surface area contributed by atoms with Crippen molar-refractivity contribution in [1.29, 1.82) is 0 Å². The Balaban J connectivity index is 1.41. The van der Waals surface area contributed by atoms with E-state index in [1.54, 1.807) is 0 Å². The molecule has 3 heterocycles. The standard InChI is InChI=1S/C27H34N4O4S/c1-19(32)29-24-4-2-22(3-5-24)25-16-23-14-21(18-31-8-12-36(33,34)13-9-31)15-26(27(23)30-25)28-17-20-6-10-35-11-7-20/h2-5,14-16,20,28,30H,6-13,17-18H2,1H3,(H,29,32). The number of amides is 1. The molecule has 3 aromatic rings. The Labute approximate surface area is 212 Å². The Morgan fingerprint density at radius 1 is 1.08 bits per heavy atom. The summed E-state index contributed by atoms with van der Waals surface area (Å²) >= 11 is 0. The van der Waals surface area contributed by atoms with Crippen LogP contribution >= 0.6 is 0 Å². The summed E-state index contributed by atoms with van der Waals surface area (Å²) in [5.41, 5.74) is 6.12. The summed E-state index contributed by atoms with van der Waals surface area (Å²) in [5.74, 6) is 0.952. The van der Waals surface area contributed by atoms with E-state index >= 15 is 0 Å². The van der Waals surface area contributed by atoms with Gasteiger partial charge in [0.15, 0.2) is 9.84 Å². The third kappa shape index (κ3) is 6.08. The van der Waals surface area contributed by atoms with Crippen molar-refractivity contribution in [3.63, 3.8) is 0 Å². The maximum atomic E-state index is 11.9. The number of fused-ring (bicyclic) bond motifs is 1. The average molecular weight is 511 g/mol. The Morgan fingerprint density at radius 3 is 2.50 bits per heavy atom. The van der Waals surface area contributed by atoms with E-state index in [1.807, 2.05) is 24.3 Å². The SMILES string of the molecule is CC(=O)Nc1ccc(-c2cc3cc(CN4CCS(=O)(=O)CC4)cc(NCC4CCOCC4)c3[nH]2)cc1. The van der Waals surface area contributed by atoms with E-state index in [4.69, 9.17) is 4.74 Å². The van der Waals surface area contributed by atoms with Crippen molar-refractivity contribution in [2.75, 3.05) is 55.0 Å². The first kappa shape index (κ1) is 24.8. The van der Waals surface area contributed by atoms with Gasteiger partial charge in [0.25, 0.3) is 0 Å². The maximum absolute atomic E-state index is 11.9. The lowest BCUT2D eigenvalue weighted by atomic mass is 10.00. The first-order valence-electron chi connectivity index (χ1n) is 12.6. The molecule has 2 aliphatic heterocycles. The van der Waals surface area contributed by atoms with Gasteiger partial charge in [0.05, 0.1) is 22.7 Å². The van der Waals surface area contributed by atoms with Crippen molar-refractivity contribution < 1.29 is 17.9 Å². The van der Waals surface area contributed by atoms with Gasteiger partial charge in [0, 0.05) is 63.1 Å². The first-order valence-corrected chi connectivity index (χ1v) is 14.4. The van der Waals surface area contributed by atoms with E-state index in [9.17, 15) is 13.2 Å². The number of hydrogen-bond donors (Lipinski definition) is 3. The zero-order valence-electron chi connectivity index (χ0n) is 20.7. The molecule has 1 aromatic heterocycles. The molecule has 8 nitrogen and oxygen atoms in total. The molecule has 0 saturated carbocycles. The van der Waals surface area contributed by atoms with Gasteiger partial charge in [-0.1, -0.05) is 12.1 Å². The number of carbonyl (C=O) groups is 1. The third-order valence-electron chi connectivity index (χ3n) is 7.07. The van der Waals surface area contributed by atoms with Crippen molar-refractivity contribution in [2.45, 2.75) is 26.3 Å². The zero-order valence-corrected chi connectivity index (χ0v) is 21.5. The monoisotopic (exact) mass is 510 g/mol. The molecule has 2 fully saturated rings. The van der Waals surface area contributed by atoms with Crippen molar-refractivity contribution in [3.8, 4) is 11.3 Å². The van der Waals surface area contributed by atoms with Crippen LogP contribution in [0.1, 0.15) is 25.3 Å². The van der Waals surface area contributed by atoms with E-state index in [-0.39, 0.29) is 17.4 Å². The van der Waals surface area contributed by atoms with Crippen LogP contribution in [0.5, 0.6) is 0 Å². The van der Waals surface area contributed by atoms with Gasteiger partial charge in [-0.15, -0.1) is 0 Å². The smallest absolute Gasteiger partial charge is 0.221 e. The number of aromatic amines is 1. The van der Waals surface area contributed by atoms with Crippen LogP contribution in [0, 0.1) is 5.92 Å². The Kier molecular flexibility index (Phi) is 7.32. The summed E-state index contributed by atoms with van der Waals surface area (Å²) in [6, 6.07) is 14.4. The van der Waals surface area contributed by atoms with E-state index < -0.39 is 9.84 Å². The number of hydrogen-bond acceptors (Lipinski definition) is 6. The summed E-state index contributed by atoms with van der Waals surface area (Å²) in [6.45, 7) is 5.91. The Morgan fingerprint density at radius 2 is 1.81 bits per heavy atom. The summed E-state index contributed by atoms with van der Waals surface area (Å²) in [7, 11) is -2.90. The second kappa shape index (κ2) is 10.6. The van der Waals surface area contributed by atoms with Crippen LogP contribution < -0.4 is 10.6 Å². The molecule has 2 aliphatic rings. The van der Waals surface area contributed by atoms with Crippen LogP contribution in [0.4, 0.5) is 11.4 Å². The molecule has 5 rings (SSSR count). The molecule has 192 valence electrons. The molecule has 0 aliphatic carbocycles. The van der Waals surface area contributed by atoms with Crippen molar-refractivity contribution in [1.82, 2.24) is 9.88 Å². The van der Waals surface area contributed by atoms with Crippen LogP contribution in [-0.2, 0) is 25.9 Å². The quantitative estimate of drug-likeness (QED) is 0.446. The fourth-order valence-electron chi connectivity index (χ4n) is 5.00. The van der Waals surface area contributed by atoms with Crippen LogP contribution in [0.15, 0.2) is 42.5 Å². The van der Waals surface area contributed by atoms with Crippen LogP contribution in [0.25, 0.3) is 22.2 Å². The predicted molar refractivity (Wildman–Crippen MR) is 144 cm³/mol.